The smallest absolute Gasteiger partial charge is 0.265 e. The van der Waals surface area contributed by atoms with Gasteiger partial charge in [-0.25, -0.2) is 0 Å². The van der Waals surface area contributed by atoms with Gasteiger partial charge in [0.25, 0.3) is 10.1 Å². The summed E-state index contributed by atoms with van der Waals surface area (Å²) in [5, 5.41) is 5.49. The van der Waals surface area contributed by atoms with Gasteiger partial charge in [-0.1, -0.05) is 22.9 Å². The summed E-state index contributed by atoms with van der Waals surface area (Å²) < 4.78 is 31.7. The number of aromatic nitrogens is 2. The Hall–Kier alpha value is -1.53. The quantitative estimate of drug-likeness (QED) is 0.665. The third kappa shape index (κ3) is 3.24. The van der Waals surface area contributed by atoms with E-state index in [1.165, 1.54) is 0 Å². The fourth-order valence-electron chi connectivity index (χ4n) is 1.83. The summed E-state index contributed by atoms with van der Waals surface area (Å²) in [6.07, 6.45) is 0.343. The van der Waals surface area contributed by atoms with E-state index in [-0.39, 0.29) is 5.75 Å². The van der Waals surface area contributed by atoms with Crippen LogP contribution < -0.4 is 4.68 Å². The average Bonchev–Trinajstić information content (AvgIpc) is 2.28. The lowest BCUT2D eigenvalue weighted by atomic mass is 10.2. The summed E-state index contributed by atoms with van der Waals surface area (Å²) in [5.74, 6) is -0.242. The maximum atomic E-state index is 10.6. The molecule has 1 aromatic carbocycles. The van der Waals surface area contributed by atoms with Crippen LogP contribution in [-0.2, 0) is 16.7 Å². The molecule has 0 aliphatic rings. The van der Waals surface area contributed by atoms with E-state index >= 15 is 0 Å². The maximum absolute atomic E-state index is 10.6. The number of hydrogen-bond acceptors (Lipinski definition) is 3. The standard InChI is InChI=1S/C12H14N2O3S/c1-10-9-11-5-2-3-6-12(11)13-14(10)7-4-8-18(15,16)17/h2-3,5-6,9H,4,7-8H2,1H3/p+1. The van der Waals surface area contributed by atoms with Gasteiger partial charge in [-0.15, -0.1) is 0 Å². The van der Waals surface area contributed by atoms with Crippen molar-refractivity contribution in [2.75, 3.05) is 5.75 Å². The van der Waals surface area contributed by atoms with Gasteiger partial charge in [0.2, 0.25) is 5.69 Å². The summed E-state index contributed by atoms with van der Waals surface area (Å²) in [7, 11) is -3.89. The molecule has 0 saturated heterocycles. The lowest BCUT2D eigenvalue weighted by Crippen LogP contribution is -2.41. The van der Waals surface area contributed by atoms with Crippen molar-refractivity contribution in [1.82, 2.24) is 5.10 Å². The van der Waals surface area contributed by atoms with E-state index in [0.29, 0.717) is 13.0 Å². The first-order valence-corrected chi connectivity index (χ1v) is 7.28. The van der Waals surface area contributed by atoms with Crippen molar-refractivity contribution in [2.24, 2.45) is 0 Å². The highest BCUT2D eigenvalue weighted by molar-refractivity contribution is 7.85. The molecule has 0 saturated carbocycles. The average molecular weight is 267 g/mol. The summed E-state index contributed by atoms with van der Waals surface area (Å²) in [6, 6.07) is 9.76. The van der Waals surface area contributed by atoms with Gasteiger partial charge in [0.05, 0.1) is 5.75 Å². The monoisotopic (exact) mass is 267 g/mol. The molecule has 5 nitrogen and oxygen atoms in total. The topological polar surface area (TPSA) is 71.1 Å². The second-order valence-electron chi connectivity index (χ2n) is 4.21. The van der Waals surface area contributed by atoms with Crippen LogP contribution in [0, 0.1) is 6.92 Å². The Bertz CT molecular complexity index is 668. The zero-order chi connectivity index (χ0) is 13.2. The number of hydrogen-bond donors (Lipinski definition) is 1. The molecule has 2 rings (SSSR count). The van der Waals surface area contributed by atoms with E-state index in [1.54, 1.807) is 4.68 Å². The zero-order valence-corrected chi connectivity index (χ0v) is 10.9. The first kappa shape index (κ1) is 12.9. The van der Waals surface area contributed by atoms with Crippen molar-refractivity contribution in [1.29, 1.82) is 0 Å². The molecule has 0 unspecified atom stereocenters. The first-order valence-electron chi connectivity index (χ1n) is 5.67. The van der Waals surface area contributed by atoms with Crippen LogP contribution in [0.1, 0.15) is 12.1 Å². The van der Waals surface area contributed by atoms with Crippen LogP contribution in [0.3, 0.4) is 0 Å². The van der Waals surface area contributed by atoms with Gasteiger partial charge in [-0.2, -0.15) is 8.42 Å². The molecule has 0 spiro atoms. The Kier molecular flexibility index (Phi) is 3.58. The fourth-order valence-corrected chi connectivity index (χ4v) is 2.33. The molecule has 2 aromatic rings. The van der Waals surface area contributed by atoms with Crippen LogP contribution in [0.5, 0.6) is 0 Å². The fraction of sp³-hybridized carbons (Fsp3) is 0.333. The summed E-state index contributed by atoms with van der Waals surface area (Å²) in [6.45, 7) is 2.39. The van der Waals surface area contributed by atoms with Crippen LogP contribution in [0.4, 0.5) is 0 Å². The van der Waals surface area contributed by atoms with Crippen LogP contribution in [-0.4, -0.2) is 23.8 Å². The predicted octanol–water partition coefficient (Wildman–Crippen LogP) is 1.11. The van der Waals surface area contributed by atoms with Gasteiger partial charge in [0.15, 0.2) is 6.54 Å². The Morgan fingerprint density at radius 2 is 2.06 bits per heavy atom. The van der Waals surface area contributed by atoms with Crippen LogP contribution in [0.25, 0.3) is 10.9 Å². The molecule has 0 bridgehead atoms. The second-order valence-corrected chi connectivity index (χ2v) is 5.78. The lowest BCUT2D eigenvalue weighted by Gasteiger charge is -2.00. The molecule has 0 radical (unpaired) electrons. The summed E-state index contributed by atoms with van der Waals surface area (Å²) >= 11 is 0. The third-order valence-corrected chi connectivity index (χ3v) is 3.51. The maximum Gasteiger partial charge on any atom is 0.265 e. The number of rotatable bonds is 4. The molecule has 1 aromatic heterocycles. The highest BCUT2D eigenvalue weighted by Gasteiger charge is 2.12. The number of aryl methyl sites for hydroxylation is 2. The highest BCUT2D eigenvalue weighted by Crippen LogP contribution is 2.09. The van der Waals surface area contributed by atoms with Crippen molar-refractivity contribution in [2.45, 2.75) is 19.9 Å². The van der Waals surface area contributed by atoms with E-state index in [2.05, 4.69) is 5.10 Å². The number of fused-ring (bicyclic) bond motifs is 1. The highest BCUT2D eigenvalue weighted by atomic mass is 32.2. The molecule has 6 heteroatoms. The molecule has 0 fully saturated rings. The van der Waals surface area contributed by atoms with E-state index in [4.69, 9.17) is 4.55 Å². The molecule has 0 aliphatic carbocycles. The summed E-state index contributed by atoms with van der Waals surface area (Å²) in [5.41, 5.74) is 1.83. The van der Waals surface area contributed by atoms with E-state index < -0.39 is 10.1 Å². The Labute approximate surface area is 106 Å². The SMILES string of the molecule is Cc1cc2ccccc2n[n+]1CCCS(=O)(=O)O. The molecule has 1 heterocycles. The summed E-state index contributed by atoms with van der Waals surface area (Å²) in [4.78, 5) is 0. The van der Waals surface area contributed by atoms with Crippen molar-refractivity contribution >= 4 is 21.0 Å². The van der Waals surface area contributed by atoms with Crippen molar-refractivity contribution in [3.63, 3.8) is 0 Å². The third-order valence-electron chi connectivity index (χ3n) is 2.71. The van der Waals surface area contributed by atoms with E-state index in [1.807, 2.05) is 37.3 Å². The minimum absolute atomic E-state index is 0.242. The minimum atomic E-state index is -3.89. The largest absolute Gasteiger partial charge is 0.286 e. The molecule has 18 heavy (non-hydrogen) atoms. The molecule has 1 N–H and O–H groups in total. The van der Waals surface area contributed by atoms with Gasteiger partial charge >= 0.3 is 0 Å². The van der Waals surface area contributed by atoms with Gasteiger partial charge in [-0.05, 0) is 6.07 Å². The molecule has 96 valence electrons. The Morgan fingerprint density at radius 1 is 1.33 bits per heavy atom. The zero-order valence-electron chi connectivity index (χ0n) is 10.1. The van der Waals surface area contributed by atoms with Gasteiger partial charge in [0, 0.05) is 29.9 Å². The lowest BCUT2D eigenvalue weighted by molar-refractivity contribution is -0.756. The van der Waals surface area contributed by atoms with Crippen LogP contribution in [0.2, 0.25) is 0 Å². The van der Waals surface area contributed by atoms with Gasteiger partial charge in [-0.3, -0.25) is 4.55 Å². The van der Waals surface area contributed by atoms with Gasteiger partial charge in [0.1, 0.15) is 5.52 Å². The van der Waals surface area contributed by atoms with Gasteiger partial charge < -0.3 is 0 Å². The molecular formula is C12H15N2O3S+. The van der Waals surface area contributed by atoms with Crippen molar-refractivity contribution in [3.05, 3.63) is 36.0 Å². The number of benzene rings is 1. The normalized spacial score (nSPS) is 11.9. The molecule has 0 atom stereocenters. The van der Waals surface area contributed by atoms with E-state index in [0.717, 1.165) is 16.6 Å². The molecule has 0 amide bonds. The molecule has 0 aliphatic heterocycles. The Morgan fingerprint density at radius 3 is 2.78 bits per heavy atom. The Balaban J connectivity index is 2.20. The second kappa shape index (κ2) is 4.99. The van der Waals surface area contributed by atoms with E-state index in [9.17, 15) is 8.42 Å². The number of nitrogens with zero attached hydrogens (tertiary/aromatic N) is 2. The minimum Gasteiger partial charge on any atom is -0.286 e. The molecular weight excluding hydrogens is 252 g/mol. The van der Waals surface area contributed by atoms with Crippen molar-refractivity contribution < 1.29 is 17.7 Å². The first-order chi connectivity index (χ1) is 8.46. The van der Waals surface area contributed by atoms with Crippen molar-refractivity contribution in [3.8, 4) is 0 Å². The van der Waals surface area contributed by atoms with Crippen LogP contribution >= 0.6 is 0 Å². The van der Waals surface area contributed by atoms with Crippen LogP contribution in [0.15, 0.2) is 30.3 Å². The predicted molar refractivity (Wildman–Crippen MR) is 67.7 cm³/mol.